The van der Waals surface area contributed by atoms with E-state index < -0.39 is 5.91 Å². The zero-order chi connectivity index (χ0) is 24.2. The fraction of sp³-hybridized carbons (Fsp3) is 0.414. The number of hydrogen-bond acceptors (Lipinski definition) is 4. The zero-order valence-corrected chi connectivity index (χ0v) is 20.2. The van der Waals surface area contributed by atoms with E-state index in [9.17, 15) is 14.7 Å². The number of hydrogen-bond donors (Lipinski definition) is 2. The number of amides is 1. The van der Waals surface area contributed by atoms with Crippen molar-refractivity contribution in [3.05, 3.63) is 71.3 Å². The summed E-state index contributed by atoms with van der Waals surface area (Å²) >= 11 is 0. The van der Waals surface area contributed by atoms with Crippen LogP contribution < -0.4 is 5.32 Å². The zero-order valence-electron chi connectivity index (χ0n) is 20.2. The number of aliphatic hydroxyl groups excluding tert-OH is 1. The third-order valence-electron chi connectivity index (χ3n) is 6.16. The average Bonchev–Trinajstić information content (AvgIpc) is 2.86. The fourth-order valence-electron chi connectivity index (χ4n) is 4.25. The van der Waals surface area contributed by atoms with Crippen LogP contribution in [0.15, 0.2) is 65.2 Å². The standard InChI is InChI=1S/C29H36N2O3/c1-2-3-4-5-6-7-8-9-10-16-21-30-26-25(29(34)31-22-17-12-11-13-18-22)27(32)23-19-14-15-20-24(23)28(26)33/h11-15,17-20,32H,2-10,16,21H2,1H3,(H,31,34). The lowest BCUT2D eigenvalue weighted by Crippen LogP contribution is -2.31. The van der Waals surface area contributed by atoms with Crippen LogP contribution in [0.25, 0.3) is 5.76 Å². The van der Waals surface area contributed by atoms with Crippen molar-refractivity contribution in [1.29, 1.82) is 0 Å². The SMILES string of the molecule is CCCCCCCCCCCCN=C1C(=O)c2ccccc2C(O)=C1C(=O)Nc1ccccc1. The number of ketones is 1. The van der Waals surface area contributed by atoms with Crippen LogP contribution in [0.5, 0.6) is 0 Å². The number of nitrogens with zero attached hydrogens (tertiary/aromatic N) is 1. The quantitative estimate of drug-likeness (QED) is 0.311. The first-order valence-electron chi connectivity index (χ1n) is 12.6. The predicted molar refractivity (Wildman–Crippen MR) is 140 cm³/mol. The van der Waals surface area contributed by atoms with Crippen LogP contribution in [0.4, 0.5) is 5.69 Å². The number of carbonyl (C=O) groups is 2. The topological polar surface area (TPSA) is 78.8 Å². The molecule has 0 atom stereocenters. The van der Waals surface area contributed by atoms with Gasteiger partial charge in [0.2, 0.25) is 5.78 Å². The molecule has 2 N–H and O–H groups in total. The van der Waals surface area contributed by atoms with Crippen LogP contribution in [0.3, 0.4) is 0 Å². The van der Waals surface area contributed by atoms with Crippen molar-refractivity contribution >= 4 is 28.8 Å². The van der Waals surface area contributed by atoms with Gasteiger partial charge in [0.1, 0.15) is 17.0 Å². The van der Waals surface area contributed by atoms with E-state index in [2.05, 4.69) is 17.2 Å². The molecule has 2 aromatic carbocycles. The summed E-state index contributed by atoms with van der Waals surface area (Å²) < 4.78 is 0. The highest BCUT2D eigenvalue weighted by molar-refractivity contribution is 6.59. The summed E-state index contributed by atoms with van der Waals surface area (Å²) in [6, 6.07) is 15.8. The first-order chi connectivity index (χ1) is 16.6. The molecule has 5 nitrogen and oxygen atoms in total. The monoisotopic (exact) mass is 460 g/mol. The Morgan fingerprint density at radius 2 is 1.35 bits per heavy atom. The second-order valence-electron chi connectivity index (χ2n) is 8.83. The molecule has 34 heavy (non-hydrogen) atoms. The maximum absolute atomic E-state index is 13.2. The Balaban J connectivity index is 1.63. The normalized spacial score (nSPS) is 14.4. The van der Waals surface area contributed by atoms with Gasteiger partial charge < -0.3 is 10.4 Å². The van der Waals surface area contributed by atoms with Crippen molar-refractivity contribution in [2.75, 3.05) is 11.9 Å². The van der Waals surface area contributed by atoms with Crippen molar-refractivity contribution in [1.82, 2.24) is 0 Å². The second-order valence-corrected chi connectivity index (χ2v) is 8.83. The highest BCUT2D eigenvalue weighted by atomic mass is 16.3. The van der Waals surface area contributed by atoms with Gasteiger partial charge in [-0.05, 0) is 18.6 Å². The van der Waals surface area contributed by atoms with Crippen LogP contribution in [0.1, 0.15) is 87.1 Å². The number of Topliss-reactive ketones (excluding diaryl/α,β-unsaturated/α-hetero) is 1. The minimum Gasteiger partial charge on any atom is -0.506 e. The molecule has 0 fully saturated rings. The molecule has 0 aliphatic heterocycles. The molecule has 180 valence electrons. The van der Waals surface area contributed by atoms with E-state index in [1.165, 1.54) is 44.9 Å². The minimum absolute atomic E-state index is 0.0422. The molecule has 2 aromatic rings. The number of benzene rings is 2. The molecule has 0 bridgehead atoms. The lowest BCUT2D eigenvalue weighted by molar-refractivity contribution is -0.112. The van der Waals surface area contributed by atoms with Crippen LogP contribution in [0.2, 0.25) is 0 Å². The van der Waals surface area contributed by atoms with Crippen molar-refractivity contribution in [3.8, 4) is 0 Å². The molecule has 0 aromatic heterocycles. The number of aliphatic hydroxyl groups is 1. The van der Waals surface area contributed by atoms with Gasteiger partial charge in [0.05, 0.1) is 0 Å². The summed E-state index contributed by atoms with van der Waals surface area (Å²) in [6.45, 7) is 2.69. The molecule has 0 heterocycles. The molecule has 1 aliphatic carbocycles. The van der Waals surface area contributed by atoms with Crippen molar-refractivity contribution in [3.63, 3.8) is 0 Å². The molecule has 0 saturated heterocycles. The molecule has 0 unspecified atom stereocenters. The minimum atomic E-state index is -0.534. The smallest absolute Gasteiger partial charge is 0.261 e. The number of fused-ring (bicyclic) bond motifs is 1. The largest absolute Gasteiger partial charge is 0.506 e. The van der Waals surface area contributed by atoms with Gasteiger partial charge in [-0.1, -0.05) is 107 Å². The van der Waals surface area contributed by atoms with Gasteiger partial charge in [-0.3, -0.25) is 14.6 Å². The first kappa shape index (κ1) is 25.4. The molecule has 0 spiro atoms. The number of para-hydroxylation sites is 1. The molecule has 1 amide bonds. The van der Waals surface area contributed by atoms with Gasteiger partial charge in [-0.2, -0.15) is 0 Å². The summed E-state index contributed by atoms with van der Waals surface area (Å²) in [4.78, 5) is 30.8. The number of anilines is 1. The maximum atomic E-state index is 13.2. The molecule has 0 radical (unpaired) electrons. The van der Waals surface area contributed by atoms with Crippen LogP contribution in [-0.4, -0.2) is 29.1 Å². The second kappa shape index (κ2) is 13.5. The van der Waals surface area contributed by atoms with Gasteiger partial charge in [-0.25, -0.2) is 0 Å². The maximum Gasteiger partial charge on any atom is 0.261 e. The number of nitrogens with one attached hydrogen (secondary N) is 1. The van der Waals surface area contributed by atoms with Crippen molar-refractivity contribution in [2.24, 2.45) is 4.99 Å². The van der Waals surface area contributed by atoms with Crippen LogP contribution in [0, 0.1) is 0 Å². The summed E-state index contributed by atoms with van der Waals surface area (Å²) in [5.41, 5.74) is 1.31. The van der Waals surface area contributed by atoms with Crippen molar-refractivity contribution < 1.29 is 14.7 Å². The highest BCUT2D eigenvalue weighted by Gasteiger charge is 2.34. The van der Waals surface area contributed by atoms with E-state index in [0.29, 0.717) is 23.4 Å². The number of rotatable bonds is 13. The molecule has 3 rings (SSSR count). The van der Waals surface area contributed by atoms with Gasteiger partial charge in [0, 0.05) is 23.4 Å². The van der Waals surface area contributed by atoms with E-state index in [-0.39, 0.29) is 22.8 Å². The first-order valence-corrected chi connectivity index (χ1v) is 12.6. The Hall–Kier alpha value is -3.21. The Labute approximate surface area is 203 Å². The Kier molecular flexibility index (Phi) is 10.1. The summed E-state index contributed by atoms with van der Waals surface area (Å²) in [5.74, 6) is -1.06. The number of carbonyl (C=O) groups excluding carboxylic acids is 2. The van der Waals surface area contributed by atoms with Crippen molar-refractivity contribution in [2.45, 2.75) is 71.1 Å². The Bertz CT molecular complexity index is 1020. The molecular weight excluding hydrogens is 424 g/mol. The number of unbranched alkanes of at least 4 members (excludes halogenated alkanes) is 9. The van der Waals surface area contributed by atoms with Gasteiger partial charge >= 0.3 is 0 Å². The van der Waals surface area contributed by atoms with Gasteiger partial charge in [0.25, 0.3) is 5.91 Å². The fourth-order valence-corrected chi connectivity index (χ4v) is 4.25. The Morgan fingerprint density at radius 3 is 2.00 bits per heavy atom. The van der Waals surface area contributed by atoms with E-state index in [1.54, 1.807) is 36.4 Å². The van der Waals surface area contributed by atoms with E-state index >= 15 is 0 Å². The molecule has 0 saturated carbocycles. The summed E-state index contributed by atoms with van der Waals surface area (Å²) in [6.07, 6.45) is 12.1. The Morgan fingerprint density at radius 1 is 0.794 bits per heavy atom. The third-order valence-corrected chi connectivity index (χ3v) is 6.16. The highest BCUT2D eigenvalue weighted by Crippen LogP contribution is 2.29. The summed E-state index contributed by atoms with van der Waals surface area (Å²) in [7, 11) is 0. The van der Waals surface area contributed by atoms with Gasteiger partial charge in [-0.15, -0.1) is 0 Å². The third kappa shape index (κ3) is 6.89. The average molecular weight is 461 g/mol. The lowest BCUT2D eigenvalue weighted by atomic mass is 9.87. The number of aliphatic imine (C=N–C) groups is 1. The van der Waals surface area contributed by atoms with E-state index in [4.69, 9.17) is 0 Å². The molecular formula is C29H36N2O3. The predicted octanol–water partition coefficient (Wildman–Crippen LogP) is 7.15. The lowest BCUT2D eigenvalue weighted by Gasteiger charge is -2.20. The van der Waals surface area contributed by atoms with Crippen LogP contribution >= 0.6 is 0 Å². The van der Waals surface area contributed by atoms with Crippen LogP contribution in [-0.2, 0) is 4.79 Å². The van der Waals surface area contributed by atoms with E-state index in [1.807, 2.05) is 18.2 Å². The molecule has 5 heteroatoms. The van der Waals surface area contributed by atoms with E-state index in [0.717, 1.165) is 19.3 Å². The van der Waals surface area contributed by atoms with Gasteiger partial charge in [0.15, 0.2) is 0 Å². The summed E-state index contributed by atoms with van der Waals surface area (Å²) in [5, 5.41) is 13.7. The molecule has 1 aliphatic rings.